The van der Waals surface area contributed by atoms with Crippen molar-refractivity contribution in [3.05, 3.63) is 84.6 Å². The van der Waals surface area contributed by atoms with Gasteiger partial charge in [-0.15, -0.1) is 5.11 Å². The van der Waals surface area contributed by atoms with E-state index in [0.29, 0.717) is 43.5 Å². The Labute approximate surface area is 212 Å². The summed E-state index contributed by atoms with van der Waals surface area (Å²) in [7, 11) is 0. The first-order chi connectivity index (χ1) is 18.1. The highest BCUT2D eigenvalue weighted by Gasteiger charge is 2.17. The fourth-order valence-electron chi connectivity index (χ4n) is 3.64. The molecular weight excluding hydrogens is 477 g/mol. The Morgan fingerprint density at radius 3 is 2.57 bits per heavy atom. The van der Waals surface area contributed by atoms with Crippen molar-refractivity contribution in [3.8, 4) is 17.2 Å². The molecule has 0 amide bonds. The SMILES string of the molecule is Oc1cccc(Oc2cccc(Nc3ccc(CN=Nc4ncc(F)c(N5CCOCC5)n4)nc3)c2)c1. The number of aromatic nitrogens is 3. The van der Waals surface area contributed by atoms with Gasteiger partial charge in [-0.1, -0.05) is 12.1 Å². The third-order valence-electron chi connectivity index (χ3n) is 5.42. The minimum atomic E-state index is -0.498. The summed E-state index contributed by atoms with van der Waals surface area (Å²) >= 11 is 0. The summed E-state index contributed by atoms with van der Waals surface area (Å²) in [5.41, 5.74) is 2.30. The number of anilines is 3. The number of azo groups is 1. The summed E-state index contributed by atoms with van der Waals surface area (Å²) in [4.78, 5) is 14.3. The molecule has 5 rings (SSSR count). The zero-order chi connectivity index (χ0) is 25.5. The number of aromatic hydroxyl groups is 1. The van der Waals surface area contributed by atoms with E-state index in [-0.39, 0.29) is 24.1 Å². The zero-order valence-corrected chi connectivity index (χ0v) is 19.8. The van der Waals surface area contributed by atoms with Crippen LogP contribution in [0.5, 0.6) is 17.2 Å². The zero-order valence-electron chi connectivity index (χ0n) is 19.8. The van der Waals surface area contributed by atoms with Gasteiger partial charge in [0.1, 0.15) is 23.8 Å². The number of phenols is 1. The number of hydrogen-bond acceptors (Lipinski definition) is 10. The molecule has 37 heavy (non-hydrogen) atoms. The van der Waals surface area contributed by atoms with Crippen molar-refractivity contribution < 1.29 is 19.0 Å². The van der Waals surface area contributed by atoms with Crippen LogP contribution >= 0.6 is 0 Å². The van der Waals surface area contributed by atoms with E-state index in [1.54, 1.807) is 35.4 Å². The largest absolute Gasteiger partial charge is 0.508 e. The van der Waals surface area contributed by atoms with Gasteiger partial charge >= 0.3 is 0 Å². The van der Waals surface area contributed by atoms with Crippen LogP contribution in [0.25, 0.3) is 0 Å². The van der Waals surface area contributed by atoms with E-state index < -0.39 is 5.82 Å². The number of nitrogens with one attached hydrogen (secondary N) is 1. The van der Waals surface area contributed by atoms with Crippen LogP contribution in [0.1, 0.15) is 5.69 Å². The van der Waals surface area contributed by atoms with Crippen LogP contribution in [-0.2, 0) is 11.3 Å². The van der Waals surface area contributed by atoms with Crippen LogP contribution in [0.2, 0.25) is 0 Å². The van der Waals surface area contributed by atoms with Gasteiger partial charge in [-0.2, -0.15) is 10.1 Å². The molecule has 2 N–H and O–H groups in total. The molecule has 2 aromatic carbocycles. The summed E-state index contributed by atoms with van der Waals surface area (Å²) in [6.07, 6.45) is 2.80. The molecule has 1 saturated heterocycles. The van der Waals surface area contributed by atoms with Crippen LogP contribution in [0.15, 0.2) is 83.3 Å². The number of morpholine rings is 1. The lowest BCUT2D eigenvalue weighted by Crippen LogP contribution is -2.37. The maximum absolute atomic E-state index is 14.2. The molecule has 4 aromatic rings. The molecule has 1 aliphatic heterocycles. The molecule has 0 radical (unpaired) electrons. The van der Waals surface area contributed by atoms with Crippen LogP contribution in [0, 0.1) is 5.82 Å². The molecule has 3 heterocycles. The monoisotopic (exact) mass is 501 g/mol. The Hall–Kier alpha value is -4.64. The third-order valence-corrected chi connectivity index (χ3v) is 5.42. The first-order valence-electron chi connectivity index (χ1n) is 11.6. The number of halogens is 1. The van der Waals surface area contributed by atoms with Crippen molar-refractivity contribution in [2.45, 2.75) is 6.54 Å². The maximum Gasteiger partial charge on any atom is 0.270 e. The molecule has 0 bridgehead atoms. The number of nitrogens with zero attached hydrogens (tertiary/aromatic N) is 6. The van der Waals surface area contributed by atoms with Gasteiger partial charge < -0.3 is 24.8 Å². The van der Waals surface area contributed by atoms with Crippen molar-refractivity contribution >= 4 is 23.1 Å². The molecule has 0 saturated carbocycles. The van der Waals surface area contributed by atoms with E-state index >= 15 is 0 Å². The Bertz CT molecular complexity index is 1380. The highest BCUT2D eigenvalue weighted by molar-refractivity contribution is 5.60. The summed E-state index contributed by atoms with van der Waals surface area (Å²) in [5.74, 6) is 1.11. The standard InChI is InChI=1S/C26H24FN7O3/c27-24-17-29-26(32-25(24)34-9-11-36-12-10-34)33-30-16-19-7-8-20(15-28-19)31-18-3-1-5-22(13-18)37-23-6-2-4-21(35)14-23/h1-8,13-15,17,31,35H,9-12,16H2. The van der Waals surface area contributed by atoms with Crippen LogP contribution < -0.4 is 15.0 Å². The summed E-state index contributed by atoms with van der Waals surface area (Å²) in [5, 5.41) is 21.0. The predicted octanol–water partition coefficient (Wildman–Crippen LogP) is 5.37. The highest BCUT2D eigenvalue weighted by atomic mass is 19.1. The Morgan fingerprint density at radius 2 is 1.78 bits per heavy atom. The average molecular weight is 502 g/mol. The van der Waals surface area contributed by atoms with Gasteiger partial charge in [0, 0.05) is 30.9 Å². The van der Waals surface area contributed by atoms with Crippen molar-refractivity contribution in [1.82, 2.24) is 15.0 Å². The molecule has 0 aliphatic carbocycles. The Kier molecular flexibility index (Phi) is 7.42. The number of ether oxygens (including phenoxy) is 2. The average Bonchev–Trinajstić information content (AvgIpc) is 2.91. The van der Waals surface area contributed by atoms with Gasteiger partial charge in [0.05, 0.1) is 37.0 Å². The number of phenolic OH excluding ortho intramolecular Hbond substituents is 1. The fourth-order valence-corrected chi connectivity index (χ4v) is 3.64. The van der Waals surface area contributed by atoms with Crippen LogP contribution in [0.4, 0.5) is 27.5 Å². The molecule has 0 spiro atoms. The third kappa shape index (κ3) is 6.53. The molecule has 1 aliphatic rings. The van der Waals surface area contributed by atoms with Gasteiger partial charge in [0.2, 0.25) is 0 Å². The van der Waals surface area contributed by atoms with Crippen molar-refractivity contribution in [1.29, 1.82) is 0 Å². The first-order valence-corrected chi connectivity index (χ1v) is 11.6. The highest BCUT2D eigenvalue weighted by Crippen LogP contribution is 2.28. The number of rotatable bonds is 8. The van der Waals surface area contributed by atoms with Crippen LogP contribution in [0.3, 0.4) is 0 Å². The van der Waals surface area contributed by atoms with E-state index in [9.17, 15) is 9.50 Å². The lowest BCUT2D eigenvalue weighted by Gasteiger charge is -2.27. The minimum Gasteiger partial charge on any atom is -0.508 e. The number of pyridine rings is 1. The van der Waals surface area contributed by atoms with Crippen molar-refractivity contribution in [2.75, 3.05) is 36.5 Å². The minimum absolute atomic E-state index is 0.0917. The number of hydrogen-bond donors (Lipinski definition) is 2. The van der Waals surface area contributed by atoms with Gasteiger partial charge in [-0.25, -0.2) is 9.37 Å². The quantitative estimate of drug-likeness (QED) is 0.309. The topological polar surface area (TPSA) is 117 Å². The molecule has 188 valence electrons. The van der Waals surface area contributed by atoms with Crippen LogP contribution in [-0.4, -0.2) is 46.4 Å². The maximum atomic E-state index is 14.2. The van der Waals surface area contributed by atoms with Gasteiger partial charge in [0.25, 0.3) is 5.95 Å². The van der Waals surface area contributed by atoms with Gasteiger partial charge in [-0.05, 0) is 36.4 Å². The Morgan fingerprint density at radius 1 is 0.973 bits per heavy atom. The normalized spacial score (nSPS) is 13.6. The molecular formula is C26H24FN7O3. The molecule has 0 atom stereocenters. The predicted molar refractivity (Wildman–Crippen MR) is 135 cm³/mol. The fraction of sp³-hybridized carbons (Fsp3) is 0.192. The van der Waals surface area contributed by atoms with E-state index in [2.05, 4.69) is 30.5 Å². The lowest BCUT2D eigenvalue weighted by atomic mass is 10.2. The van der Waals surface area contributed by atoms with Crippen molar-refractivity contribution in [3.63, 3.8) is 0 Å². The van der Waals surface area contributed by atoms with Gasteiger partial charge in [-0.3, -0.25) is 4.98 Å². The van der Waals surface area contributed by atoms with E-state index in [4.69, 9.17) is 9.47 Å². The molecule has 11 heteroatoms. The molecule has 10 nitrogen and oxygen atoms in total. The summed E-state index contributed by atoms with van der Waals surface area (Å²) in [6, 6.07) is 17.8. The Balaban J connectivity index is 1.18. The second-order valence-electron chi connectivity index (χ2n) is 8.13. The number of benzene rings is 2. The first kappa shape index (κ1) is 24.1. The lowest BCUT2D eigenvalue weighted by molar-refractivity contribution is 0.122. The van der Waals surface area contributed by atoms with Crippen molar-refractivity contribution in [2.24, 2.45) is 10.2 Å². The smallest absolute Gasteiger partial charge is 0.270 e. The molecule has 1 fully saturated rings. The summed E-state index contributed by atoms with van der Waals surface area (Å²) in [6.45, 7) is 2.39. The summed E-state index contributed by atoms with van der Waals surface area (Å²) < 4.78 is 25.3. The molecule has 0 unspecified atom stereocenters. The van der Waals surface area contributed by atoms with Gasteiger partial charge in [0.15, 0.2) is 11.6 Å². The second-order valence-corrected chi connectivity index (χ2v) is 8.13. The second kappa shape index (κ2) is 11.4. The van der Waals surface area contributed by atoms with E-state index in [0.717, 1.165) is 17.6 Å². The molecule has 2 aromatic heterocycles. The van der Waals surface area contributed by atoms with E-state index in [1.165, 1.54) is 0 Å². The van der Waals surface area contributed by atoms with E-state index in [1.807, 2.05) is 36.4 Å².